The van der Waals surface area contributed by atoms with Crippen LogP contribution < -0.4 is 14.2 Å². The zero-order valence-electron chi connectivity index (χ0n) is 20.4. The molecule has 2 fully saturated rings. The molecule has 2 aromatic carbocycles. The van der Waals surface area contributed by atoms with Crippen molar-refractivity contribution in [3.8, 4) is 11.5 Å². The van der Waals surface area contributed by atoms with E-state index >= 15 is 0 Å². The van der Waals surface area contributed by atoms with Gasteiger partial charge < -0.3 is 4.74 Å². The van der Waals surface area contributed by atoms with Crippen LogP contribution >= 0.6 is 0 Å². The van der Waals surface area contributed by atoms with Crippen LogP contribution in [-0.2, 0) is 20.0 Å². The molecule has 9 heteroatoms. The van der Waals surface area contributed by atoms with Crippen molar-refractivity contribution in [1.29, 1.82) is 0 Å². The summed E-state index contributed by atoms with van der Waals surface area (Å²) in [4.78, 5) is 0.402. The van der Waals surface area contributed by atoms with E-state index in [4.69, 9.17) is 4.74 Å². The van der Waals surface area contributed by atoms with E-state index in [2.05, 4.69) is 23.3 Å². The van der Waals surface area contributed by atoms with E-state index in [0.717, 1.165) is 51.4 Å². The first-order valence-corrected chi connectivity index (χ1v) is 15.5. The van der Waals surface area contributed by atoms with Crippen LogP contribution in [0.3, 0.4) is 0 Å². The van der Waals surface area contributed by atoms with E-state index < -0.39 is 20.0 Å². The summed E-state index contributed by atoms with van der Waals surface area (Å²) in [5.41, 5.74) is 0. The van der Waals surface area contributed by atoms with Crippen molar-refractivity contribution in [2.45, 2.75) is 87.1 Å². The molecular formula is C26H36N2O5S2. The van der Waals surface area contributed by atoms with Crippen molar-refractivity contribution in [2.24, 2.45) is 11.8 Å². The lowest BCUT2D eigenvalue weighted by molar-refractivity contribution is 0.310. The van der Waals surface area contributed by atoms with E-state index in [-0.39, 0.29) is 21.9 Å². The summed E-state index contributed by atoms with van der Waals surface area (Å²) in [6, 6.07) is 12.5. The Morgan fingerprint density at radius 1 is 0.600 bits per heavy atom. The van der Waals surface area contributed by atoms with Crippen molar-refractivity contribution in [3.05, 3.63) is 48.5 Å². The van der Waals surface area contributed by atoms with Crippen LogP contribution in [0.5, 0.6) is 11.5 Å². The third-order valence-corrected chi connectivity index (χ3v) is 10.4. The number of benzene rings is 2. The molecule has 7 nitrogen and oxygen atoms in total. The van der Waals surface area contributed by atoms with Crippen LogP contribution in [0.4, 0.5) is 0 Å². The topological polar surface area (TPSA) is 102 Å². The maximum atomic E-state index is 12.8. The molecule has 2 aromatic rings. The second-order valence-electron chi connectivity index (χ2n) is 10.0. The van der Waals surface area contributed by atoms with Gasteiger partial charge in [0.1, 0.15) is 11.5 Å². The van der Waals surface area contributed by atoms with E-state index in [1.54, 1.807) is 24.3 Å². The van der Waals surface area contributed by atoms with Crippen molar-refractivity contribution >= 4 is 20.0 Å². The monoisotopic (exact) mass is 520 g/mol. The summed E-state index contributed by atoms with van der Waals surface area (Å²) < 4.78 is 62.7. The van der Waals surface area contributed by atoms with Gasteiger partial charge in [-0.25, -0.2) is 26.3 Å². The molecule has 0 bridgehead atoms. The van der Waals surface area contributed by atoms with Crippen molar-refractivity contribution in [1.82, 2.24) is 9.44 Å². The Hall–Kier alpha value is -1.94. The molecule has 4 rings (SSSR count). The van der Waals surface area contributed by atoms with Crippen molar-refractivity contribution in [2.75, 3.05) is 0 Å². The summed E-state index contributed by atoms with van der Waals surface area (Å²) in [6.07, 6.45) is 8.18. The van der Waals surface area contributed by atoms with Gasteiger partial charge in [0.25, 0.3) is 0 Å². The van der Waals surface area contributed by atoms with Crippen LogP contribution in [0.15, 0.2) is 58.3 Å². The highest BCUT2D eigenvalue weighted by Crippen LogP contribution is 2.28. The molecule has 2 saturated carbocycles. The second-order valence-corrected chi connectivity index (χ2v) is 13.5. The van der Waals surface area contributed by atoms with Crippen molar-refractivity contribution < 1.29 is 21.6 Å². The Kier molecular flexibility index (Phi) is 8.20. The molecular weight excluding hydrogens is 484 g/mol. The van der Waals surface area contributed by atoms with Gasteiger partial charge in [0.05, 0.1) is 9.79 Å². The third kappa shape index (κ3) is 6.64. The summed E-state index contributed by atoms with van der Waals surface area (Å²) in [5, 5.41) is 0. The van der Waals surface area contributed by atoms with Crippen molar-refractivity contribution in [3.63, 3.8) is 0 Å². The van der Waals surface area contributed by atoms with Gasteiger partial charge in [0.15, 0.2) is 0 Å². The molecule has 0 saturated heterocycles. The Bertz CT molecular complexity index is 1100. The largest absolute Gasteiger partial charge is 0.457 e. The van der Waals surface area contributed by atoms with Crippen LogP contribution in [-0.4, -0.2) is 28.9 Å². The molecule has 0 heterocycles. The molecule has 2 aliphatic carbocycles. The Balaban J connectivity index is 1.38. The predicted molar refractivity (Wildman–Crippen MR) is 136 cm³/mol. The summed E-state index contributed by atoms with van der Waals surface area (Å²) >= 11 is 0. The number of ether oxygens (including phenoxy) is 1. The molecule has 2 N–H and O–H groups in total. The third-order valence-electron chi connectivity index (χ3n) is 7.34. The van der Waals surface area contributed by atoms with E-state index in [0.29, 0.717) is 23.3 Å². The van der Waals surface area contributed by atoms with Gasteiger partial charge in [0, 0.05) is 12.1 Å². The highest BCUT2D eigenvalue weighted by atomic mass is 32.2. The zero-order chi connectivity index (χ0) is 25.1. The quantitative estimate of drug-likeness (QED) is 0.499. The molecule has 4 atom stereocenters. The molecule has 0 aliphatic heterocycles. The fourth-order valence-electron chi connectivity index (χ4n) is 5.03. The second kappa shape index (κ2) is 11.0. The normalized spacial score (nSPS) is 25.8. The molecule has 0 radical (unpaired) electrons. The number of sulfonamides is 2. The summed E-state index contributed by atoms with van der Waals surface area (Å²) in [6.45, 7) is 4.18. The van der Waals surface area contributed by atoms with Crippen LogP contribution in [0.25, 0.3) is 0 Å². The fraction of sp³-hybridized carbons (Fsp3) is 0.538. The molecule has 0 spiro atoms. The zero-order valence-corrected chi connectivity index (χ0v) is 22.1. The standard InChI is InChI=1S/C26H36N2O5S2/c1-19-7-3-5-9-25(19)27-34(29,30)23-15-11-21(12-16-23)33-22-13-17-24(18-14-22)35(31,32)28-26-10-6-4-8-20(26)2/h11-20,25-28H,3-10H2,1-2H3/t19-,20+,25-,26-/m1/s1. The minimum Gasteiger partial charge on any atom is -0.457 e. The molecule has 2 aliphatic rings. The van der Waals surface area contributed by atoms with E-state index in [1.807, 2.05) is 0 Å². The SMILES string of the molecule is C[C@@H]1CCCC[C@H]1NS(=O)(=O)c1ccc(Oc2ccc(S(=O)(=O)N[C@@H]3CCCC[C@@H]3C)cc2)cc1. The Morgan fingerprint density at radius 3 is 1.29 bits per heavy atom. The number of hydrogen-bond acceptors (Lipinski definition) is 5. The maximum absolute atomic E-state index is 12.8. The van der Waals surface area contributed by atoms with E-state index in [9.17, 15) is 16.8 Å². The van der Waals surface area contributed by atoms with Crippen LogP contribution in [0.1, 0.15) is 65.2 Å². The van der Waals surface area contributed by atoms with Crippen LogP contribution in [0, 0.1) is 11.8 Å². The lowest BCUT2D eigenvalue weighted by Crippen LogP contribution is -2.40. The average molecular weight is 521 g/mol. The maximum Gasteiger partial charge on any atom is 0.240 e. The van der Waals surface area contributed by atoms with Crippen LogP contribution in [0.2, 0.25) is 0 Å². The molecule has 35 heavy (non-hydrogen) atoms. The highest BCUT2D eigenvalue weighted by Gasteiger charge is 2.28. The molecule has 0 amide bonds. The van der Waals surface area contributed by atoms with E-state index in [1.165, 1.54) is 24.3 Å². The summed E-state index contributed by atoms with van der Waals surface area (Å²) in [7, 11) is -7.20. The first-order chi connectivity index (χ1) is 16.6. The molecule has 0 aromatic heterocycles. The smallest absolute Gasteiger partial charge is 0.240 e. The molecule has 192 valence electrons. The van der Waals surface area contributed by atoms with Gasteiger partial charge >= 0.3 is 0 Å². The Morgan fingerprint density at radius 2 is 0.943 bits per heavy atom. The minimum atomic E-state index is -3.60. The minimum absolute atomic E-state index is 0.0321. The predicted octanol–water partition coefficient (Wildman–Crippen LogP) is 5.19. The van der Waals surface area contributed by atoms with Gasteiger partial charge in [-0.3, -0.25) is 0 Å². The average Bonchev–Trinajstić information content (AvgIpc) is 2.83. The lowest BCUT2D eigenvalue weighted by Gasteiger charge is -2.29. The number of rotatable bonds is 8. The van der Waals surface area contributed by atoms with Gasteiger partial charge in [-0.1, -0.05) is 39.5 Å². The van der Waals surface area contributed by atoms with Gasteiger partial charge in [0.2, 0.25) is 20.0 Å². The van der Waals surface area contributed by atoms with Gasteiger partial charge in [-0.2, -0.15) is 0 Å². The van der Waals surface area contributed by atoms with Gasteiger partial charge in [-0.15, -0.1) is 0 Å². The first kappa shape index (κ1) is 26.1. The fourth-order valence-corrected chi connectivity index (χ4v) is 7.79. The first-order valence-electron chi connectivity index (χ1n) is 12.6. The van der Waals surface area contributed by atoms with Gasteiger partial charge in [-0.05, 0) is 86.1 Å². The number of nitrogens with one attached hydrogen (secondary N) is 2. The summed E-state index contributed by atoms with van der Waals surface area (Å²) in [5.74, 6) is 1.60. The lowest BCUT2D eigenvalue weighted by atomic mass is 9.87. The molecule has 0 unspecified atom stereocenters. The number of hydrogen-bond donors (Lipinski definition) is 2. The highest BCUT2D eigenvalue weighted by molar-refractivity contribution is 7.89. The Labute approximate surface area is 209 Å².